The first kappa shape index (κ1) is 56.8. The van der Waals surface area contributed by atoms with Crippen molar-refractivity contribution < 1.29 is 20.1 Å². The van der Waals surface area contributed by atoms with E-state index in [0.717, 1.165) is 32.1 Å². The van der Waals surface area contributed by atoms with Crippen molar-refractivity contribution in [1.82, 2.24) is 5.32 Å². The standard InChI is InChI=1S/C53H103NO4/c1-3-5-7-9-11-13-15-17-19-21-23-24-25-26-27-29-30-32-34-36-38-40-42-44-46-50(56)48-53(58)54-51(49-55)52(57)47-45-43-41-39-37-35-33-31-28-22-20-18-16-14-12-10-8-6-4-2/h37,39,45,47,50-52,55-57H,3-36,38,40-44,46,48-49H2,1-2H3,(H,54,58)/b39-37+,47-45+. The molecule has 0 saturated heterocycles. The molecule has 0 saturated carbocycles. The summed E-state index contributed by atoms with van der Waals surface area (Å²) in [7, 11) is 0. The normalized spacial score (nSPS) is 13.5. The lowest BCUT2D eigenvalue weighted by molar-refractivity contribution is -0.124. The van der Waals surface area contributed by atoms with E-state index in [1.165, 1.54) is 225 Å². The van der Waals surface area contributed by atoms with Gasteiger partial charge in [-0.1, -0.05) is 269 Å². The fourth-order valence-corrected chi connectivity index (χ4v) is 8.24. The van der Waals surface area contributed by atoms with Crippen LogP contribution < -0.4 is 5.32 Å². The number of nitrogens with one attached hydrogen (secondary N) is 1. The zero-order chi connectivity index (χ0) is 42.3. The first-order valence-electron chi connectivity index (χ1n) is 26.1. The molecule has 3 atom stereocenters. The van der Waals surface area contributed by atoms with Crippen molar-refractivity contribution in [3.8, 4) is 0 Å². The molecule has 0 aromatic carbocycles. The van der Waals surface area contributed by atoms with Gasteiger partial charge in [0.25, 0.3) is 0 Å². The highest BCUT2D eigenvalue weighted by molar-refractivity contribution is 5.76. The Labute approximate surface area is 362 Å². The summed E-state index contributed by atoms with van der Waals surface area (Å²) in [4.78, 5) is 12.5. The van der Waals surface area contributed by atoms with E-state index in [2.05, 4.69) is 31.3 Å². The lowest BCUT2D eigenvalue weighted by atomic mass is 10.0. The van der Waals surface area contributed by atoms with Gasteiger partial charge in [0, 0.05) is 0 Å². The van der Waals surface area contributed by atoms with Crippen LogP contribution in [0.1, 0.15) is 284 Å². The van der Waals surface area contributed by atoms with Crippen molar-refractivity contribution in [3.05, 3.63) is 24.3 Å². The summed E-state index contributed by atoms with van der Waals surface area (Å²) < 4.78 is 0. The third-order valence-corrected chi connectivity index (χ3v) is 12.2. The monoisotopic (exact) mass is 818 g/mol. The highest BCUT2D eigenvalue weighted by atomic mass is 16.3. The molecule has 0 radical (unpaired) electrons. The maximum absolute atomic E-state index is 12.5. The molecule has 0 aliphatic carbocycles. The molecule has 0 aliphatic rings. The van der Waals surface area contributed by atoms with E-state index in [4.69, 9.17) is 0 Å². The maximum Gasteiger partial charge on any atom is 0.222 e. The minimum Gasteiger partial charge on any atom is -0.394 e. The van der Waals surface area contributed by atoms with Crippen LogP contribution in [0.25, 0.3) is 0 Å². The Morgan fingerprint density at radius 2 is 0.741 bits per heavy atom. The van der Waals surface area contributed by atoms with Crippen LogP contribution in [0.3, 0.4) is 0 Å². The van der Waals surface area contributed by atoms with Crippen LogP contribution in [0.15, 0.2) is 24.3 Å². The molecular formula is C53H103NO4. The van der Waals surface area contributed by atoms with E-state index in [0.29, 0.717) is 6.42 Å². The molecule has 5 heteroatoms. The fourth-order valence-electron chi connectivity index (χ4n) is 8.24. The van der Waals surface area contributed by atoms with E-state index in [1.54, 1.807) is 6.08 Å². The predicted octanol–water partition coefficient (Wildman–Crippen LogP) is 15.7. The lowest BCUT2D eigenvalue weighted by Crippen LogP contribution is -2.45. The molecule has 344 valence electrons. The van der Waals surface area contributed by atoms with E-state index < -0.39 is 18.2 Å². The molecule has 0 bridgehead atoms. The highest BCUT2D eigenvalue weighted by Gasteiger charge is 2.20. The van der Waals surface area contributed by atoms with Gasteiger partial charge in [-0.15, -0.1) is 0 Å². The Hall–Kier alpha value is -1.17. The van der Waals surface area contributed by atoms with Gasteiger partial charge < -0.3 is 20.6 Å². The molecule has 0 aromatic heterocycles. The van der Waals surface area contributed by atoms with Gasteiger partial charge in [0.15, 0.2) is 0 Å². The molecule has 0 heterocycles. The highest BCUT2D eigenvalue weighted by Crippen LogP contribution is 2.17. The third kappa shape index (κ3) is 44.4. The van der Waals surface area contributed by atoms with Crippen LogP contribution in [0, 0.1) is 0 Å². The third-order valence-electron chi connectivity index (χ3n) is 12.2. The second kappa shape index (κ2) is 48.5. The number of aliphatic hydroxyl groups is 3. The number of aliphatic hydroxyl groups excluding tert-OH is 3. The largest absolute Gasteiger partial charge is 0.394 e. The van der Waals surface area contributed by atoms with Crippen molar-refractivity contribution in [2.24, 2.45) is 0 Å². The van der Waals surface area contributed by atoms with Crippen LogP contribution in [0.5, 0.6) is 0 Å². The summed E-state index contributed by atoms with van der Waals surface area (Å²) in [6.45, 7) is 4.23. The lowest BCUT2D eigenvalue weighted by Gasteiger charge is -2.21. The summed E-state index contributed by atoms with van der Waals surface area (Å²) in [5, 5.41) is 33.4. The van der Waals surface area contributed by atoms with E-state index in [9.17, 15) is 20.1 Å². The number of carbonyl (C=O) groups excluding carboxylic acids is 1. The fraction of sp³-hybridized carbons (Fsp3) is 0.906. The number of hydrogen-bond donors (Lipinski definition) is 4. The van der Waals surface area contributed by atoms with Crippen LogP contribution >= 0.6 is 0 Å². The van der Waals surface area contributed by atoms with E-state index in [1.807, 2.05) is 6.08 Å². The number of allylic oxidation sites excluding steroid dienone is 3. The first-order chi connectivity index (χ1) is 28.5. The smallest absolute Gasteiger partial charge is 0.222 e. The van der Waals surface area contributed by atoms with Crippen LogP contribution in [-0.4, -0.2) is 46.1 Å². The molecule has 0 rings (SSSR count). The number of rotatable bonds is 48. The van der Waals surface area contributed by atoms with Crippen molar-refractivity contribution in [3.63, 3.8) is 0 Å². The Bertz CT molecular complexity index is 859. The number of amides is 1. The molecule has 4 N–H and O–H groups in total. The Morgan fingerprint density at radius 3 is 1.10 bits per heavy atom. The van der Waals surface area contributed by atoms with Crippen LogP contribution in [-0.2, 0) is 4.79 Å². The van der Waals surface area contributed by atoms with Gasteiger partial charge in [-0.05, 0) is 32.1 Å². The van der Waals surface area contributed by atoms with E-state index >= 15 is 0 Å². The van der Waals surface area contributed by atoms with Crippen molar-refractivity contribution in [2.45, 2.75) is 302 Å². The molecule has 1 amide bonds. The molecule has 3 unspecified atom stereocenters. The second-order valence-electron chi connectivity index (χ2n) is 18.1. The zero-order valence-electron chi connectivity index (χ0n) is 39.2. The predicted molar refractivity (Wildman–Crippen MR) is 255 cm³/mol. The SMILES string of the molecule is CCCCCCCCCCCCCCC/C=C/CC/C=C/C(O)C(CO)NC(=O)CC(O)CCCCCCCCCCCCCCCCCCCCCCCCCC. The minimum absolute atomic E-state index is 0.0103. The molecule has 0 spiro atoms. The number of hydrogen-bond acceptors (Lipinski definition) is 4. The number of unbranched alkanes of at least 4 members (excludes halogenated alkanes) is 37. The number of carbonyl (C=O) groups is 1. The van der Waals surface area contributed by atoms with Crippen molar-refractivity contribution >= 4 is 5.91 Å². The van der Waals surface area contributed by atoms with Gasteiger partial charge in [-0.25, -0.2) is 0 Å². The van der Waals surface area contributed by atoms with E-state index in [-0.39, 0.29) is 18.9 Å². The Balaban J connectivity index is 3.59. The van der Waals surface area contributed by atoms with Crippen LogP contribution in [0.4, 0.5) is 0 Å². The topological polar surface area (TPSA) is 89.8 Å². The summed E-state index contributed by atoms with van der Waals surface area (Å²) >= 11 is 0. The van der Waals surface area contributed by atoms with Gasteiger partial charge in [-0.3, -0.25) is 4.79 Å². The van der Waals surface area contributed by atoms with Gasteiger partial charge in [0.1, 0.15) is 0 Å². The average molecular weight is 818 g/mol. The summed E-state index contributed by atoms with van der Waals surface area (Å²) in [6, 6.07) is -0.758. The Morgan fingerprint density at radius 1 is 0.431 bits per heavy atom. The first-order valence-corrected chi connectivity index (χ1v) is 26.1. The quantitative estimate of drug-likeness (QED) is 0.0364. The van der Waals surface area contributed by atoms with Gasteiger partial charge >= 0.3 is 0 Å². The van der Waals surface area contributed by atoms with Crippen molar-refractivity contribution in [1.29, 1.82) is 0 Å². The van der Waals surface area contributed by atoms with Crippen LogP contribution in [0.2, 0.25) is 0 Å². The minimum atomic E-state index is -0.949. The molecular weight excluding hydrogens is 715 g/mol. The molecule has 58 heavy (non-hydrogen) atoms. The molecule has 5 nitrogen and oxygen atoms in total. The van der Waals surface area contributed by atoms with Crippen molar-refractivity contribution in [2.75, 3.05) is 6.61 Å². The maximum atomic E-state index is 12.5. The Kier molecular flexibility index (Phi) is 47.5. The zero-order valence-corrected chi connectivity index (χ0v) is 39.2. The molecule has 0 fully saturated rings. The second-order valence-corrected chi connectivity index (χ2v) is 18.1. The van der Waals surface area contributed by atoms with Gasteiger partial charge in [0.05, 0.1) is 31.3 Å². The van der Waals surface area contributed by atoms with Gasteiger partial charge in [-0.2, -0.15) is 0 Å². The average Bonchev–Trinajstić information content (AvgIpc) is 3.22. The summed E-state index contributed by atoms with van der Waals surface area (Å²) in [5.74, 6) is -0.320. The summed E-state index contributed by atoms with van der Waals surface area (Å²) in [6.07, 6.45) is 60.7. The molecule has 0 aliphatic heterocycles. The summed E-state index contributed by atoms with van der Waals surface area (Å²) in [5.41, 5.74) is 0. The molecule has 0 aromatic rings. The van der Waals surface area contributed by atoms with Gasteiger partial charge in [0.2, 0.25) is 5.91 Å².